The molecule has 1 aromatic heterocycles. The van der Waals surface area contributed by atoms with Crippen molar-refractivity contribution in [3.05, 3.63) is 0 Å². The van der Waals surface area contributed by atoms with E-state index in [0.29, 0.717) is 0 Å². The number of hydrogen-bond acceptors (Lipinski definition) is 0. The van der Waals surface area contributed by atoms with Crippen LogP contribution >= 0.6 is 20.7 Å². The van der Waals surface area contributed by atoms with E-state index in [-0.39, 0.29) is 0 Å². The van der Waals surface area contributed by atoms with Gasteiger partial charge in [0, 0.05) is 20.7 Å². The zero-order valence-electron chi connectivity index (χ0n) is 10.0. The van der Waals surface area contributed by atoms with E-state index in [1.807, 2.05) is 0 Å². The molecule has 0 aliphatic carbocycles. The summed E-state index contributed by atoms with van der Waals surface area (Å²) in [6, 6.07) is 0. The summed E-state index contributed by atoms with van der Waals surface area (Å²) in [5.41, 5.74) is -19.5. The van der Waals surface area contributed by atoms with Crippen molar-refractivity contribution >= 4 is 20.7 Å². The molecule has 0 radical (unpaired) electrons. The lowest BCUT2D eigenvalue weighted by Crippen LogP contribution is -2.29. The first-order chi connectivity index (χ1) is 10.1. The highest BCUT2D eigenvalue weighted by Gasteiger charge is 2.77. The molecule has 0 saturated heterocycles. The Balaban J connectivity index is 3.70. The second kappa shape index (κ2) is 5.42. The van der Waals surface area contributed by atoms with Crippen molar-refractivity contribution in [1.29, 1.82) is 0 Å². The fourth-order valence-electron chi connectivity index (χ4n) is 1.18. The topological polar surface area (TPSA) is 0 Å². The maximum atomic E-state index is 13.0. The van der Waals surface area contributed by atoms with Crippen molar-refractivity contribution in [1.82, 2.24) is 0 Å². The predicted molar refractivity (Wildman–Crippen MR) is 53.3 cm³/mol. The van der Waals surface area contributed by atoms with Crippen molar-refractivity contribution in [2.24, 2.45) is 0 Å². The summed E-state index contributed by atoms with van der Waals surface area (Å²) in [7, 11) is 0. The lowest BCUT2D eigenvalue weighted by molar-refractivity contribution is -0.265. The first kappa shape index (κ1) is 21.9. The molecule has 0 bridgehead atoms. The quantitative estimate of drug-likeness (QED) is 0.410. The normalized spacial score (nSPS) is 18.4. The largest absolute Gasteiger partial charge is 0.462 e. The van der Waals surface area contributed by atoms with E-state index in [9.17, 15) is 65.9 Å². The van der Waals surface area contributed by atoms with E-state index in [1.165, 1.54) is 0 Å². The molecule has 144 valence electrons. The van der Waals surface area contributed by atoms with Gasteiger partial charge in [0.2, 0.25) is 0 Å². The van der Waals surface area contributed by atoms with Gasteiger partial charge in [-0.15, -0.1) is 0 Å². The van der Waals surface area contributed by atoms with E-state index < -0.39 is 56.2 Å². The standard InChI is InChI=1S/C6F15P3/c7-1(8,9)4(16,17)22-23(5(18,19)2(10,11)12)24(22)6(20,21)3(13,14)15. The van der Waals surface area contributed by atoms with Gasteiger partial charge in [0.05, 0.1) is 0 Å². The van der Waals surface area contributed by atoms with Crippen molar-refractivity contribution in [3.8, 4) is 0 Å². The van der Waals surface area contributed by atoms with E-state index in [0.717, 1.165) is 0 Å². The Morgan fingerprint density at radius 2 is 0.417 bits per heavy atom. The van der Waals surface area contributed by atoms with E-state index in [1.54, 1.807) is 0 Å². The molecular weight excluding hydrogens is 450 g/mol. The molecule has 0 saturated carbocycles. The molecule has 0 atom stereocenters. The fraction of sp³-hybridized carbons (Fsp3) is 1.00. The SMILES string of the molecule is FC(F)(F)C(F)(F)p1p(C(F)(F)C(F)(F)F)p1C(F)(F)C(F)(F)F. The minimum absolute atomic E-state index is 5.28. The average Bonchev–Trinajstić information content (AvgIpc) is 3.00. The molecule has 0 aromatic carbocycles. The molecule has 0 amide bonds. The van der Waals surface area contributed by atoms with Crippen LogP contribution in [0.3, 0.4) is 0 Å². The molecule has 0 spiro atoms. The monoisotopic (exact) mass is 450 g/mol. The van der Waals surface area contributed by atoms with Crippen LogP contribution in [0.4, 0.5) is 65.9 Å². The molecule has 0 unspecified atom stereocenters. The number of alkyl halides is 15. The second-order valence-electron chi connectivity index (χ2n) is 3.99. The van der Waals surface area contributed by atoms with Crippen LogP contribution in [0.2, 0.25) is 0 Å². The summed E-state index contributed by atoms with van der Waals surface area (Å²) in [5, 5.41) is 0. The molecule has 0 N–H and O–H groups in total. The van der Waals surface area contributed by atoms with Gasteiger partial charge in [-0.05, 0) is 0 Å². The lowest BCUT2D eigenvalue weighted by atomic mass is 10.7. The number of halogens is 15. The van der Waals surface area contributed by atoms with Gasteiger partial charge < -0.3 is 0 Å². The van der Waals surface area contributed by atoms with Crippen LogP contribution in [-0.4, -0.2) is 18.5 Å². The van der Waals surface area contributed by atoms with Gasteiger partial charge in [-0.3, -0.25) is 0 Å². The minimum atomic E-state index is -6.85. The maximum Gasteiger partial charge on any atom is 0.462 e. The van der Waals surface area contributed by atoms with Gasteiger partial charge in [0.15, 0.2) is 0 Å². The number of hydrogen-bond donors (Lipinski definition) is 0. The van der Waals surface area contributed by atoms with Crippen LogP contribution < -0.4 is 0 Å². The highest BCUT2D eigenvalue weighted by atomic mass is 32.7. The molecule has 0 fully saturated rings. The predicted octanol–water partition coefficient (Wildman–Crippen LogP) is 7.98. The highest BCUT2D eigenvalue weighted by Crippen LogP contribution is 3.04. The molecule has 1 rings (SSSR count). The first-order valence-electron chi connectivity index (χ1n) is 4.86. The Labute approximate surface area is 123 Å². The molecular formula is C6F15P3. The van der Waals surface area contributed by atoms with Gasteiger partial charge in [-0.25, -0.2) is 0 Å². The van der Waals surface area contributed by atoms with Crippen molar-refractivity contribution in [2.75, 3.05) is 0 Å². The second-order valence-corrected chi connectivity index (χ2v) is 17.4. The van der Waals surface area contributed by atoms with Crippen LogP contribution in [0.25, 0.3) is 0 Å². The van der Waals surface area contributed by atoms with Crippen LogP contribution in [0.5, 0.6) is 0 Å². The summed E-state index contributed by atoms with van der Waals surface area (Å²) < 4.78 is 187. The average molecular weight is 450 g/mol. The number of rotatable bonds is 3. The smallest absolute Gasteiger partial charge is 0.186 e. The highest BCUT2D eigenvalue weighted by molar-refractivity contribution is 8.73. The van der Waals surface area contributed by atoms with Crippen LogP contribution in [0.15, 0.2) is 0 Å². The summed E-state index contributed by atoms with van der Waals surface area (Å²) >= 11 is 0. The summed E-state index contributed by atoms with van der Waals surface area (Å²) in [6.07, 6.45) is -20.5. The van der Waals surface area contributed by atoms with Gasteiger partial charge in [-0.2, -0.15) is 65.9 Å². The zero-order valence-corrected chi connectivity index (χ0v) is 12.7. The fourth-order valence-corrected chi connectivity index (χ4v) is 22.2. The maximum absolute atomic E-state index is 13.0. The molecule has 0 aliphatic rings. The molecule has 0 aliphatic heterocycles. The van der Waals surface area contributed by atoms with E-state index >= 15 is 0 Å². The van der Waals surface area contributed by atoms with Gasteiger partial charge in [-0.1, -0.05) is 0 Å². The third-order valence-corrected chi connectivity index (χ3v) is 19.6. The van der Waals surface area contributed by atoms with Crippen LogP contribution in [0.1, 0.15) is 0 Å². The molecule has 1 heterocycles. The van der Waals surface area contributed by atoms with Crippen molar-refractivity contribution in [2.45, 2.75) is 35.5 Å². The molecule has 18 heteroatoms. The zero-order chi connectivity index (χ0) is 19.7. The summed E-state index contributed by atoms with van der Waals surface area (Å²) in [4.78, 5) is 0. The Kier molecular flexibility index (Phi) is 4.95. The summed E-state index contributed by atoms with van der Waals surface area (Å²) in [5.74, 6) is 0. The molecule has 24 heavy (non-hydrogen) atoms. The Morgan fingerprint density at radius 3 is 0.500 bits per heavy atom. The molecule has 1 aromatic rings. The van der Waals surface area contributed by atoms with E-state index in [4.69, 9.17) is 0 Å². The lowest BCUT2D eigenvalue weighted by Gasteiger charge is -2.19. The van der Waals surface area contributed by atoms with Gasteiger partial charge >= 0.3 is 35.5 Å². The third kappa shape index (κ3) is 3.16. The molecule has 0 nitrogen and oxygen atoms in total. The van der Waals surface area contributed by atoms with Gasteiger partial charge in [0.1, 0.15) is 0 Å². The third-order valence-electron chi connectivity index (χ3n) is 2.28. The van der Waals surface area contributed by atoms with Crippen LogP contribution in [0, 0.1) is 0 Å². The van der Waals surface area contributed by atoms with E-state index in [2.05, 4.69) is 0 Å². The Bertz CT molecular complexity index is 492. The first-order valence-corrected chi connectivity index (χ1v) is 11.0. The van der Waals surface area contributed by atoms with Gasteiger partial charge in [0.25, 0.3) is 0 Å². The van der Waals surface area contributed by atoms with Crippen molar-refractivity contribution in [3.63, 3.8) is 0 Å². The summed E-state index contributed by atoms with van der Waals surface area (Å²) in [6.45, 7) is -15.8. The van der Waals surface area contributed by atoms with Crippen LogP contribution in [-0.2, 0) is 17.0 Å². The Hall–Kier alpha value is -0.150. The minimum Gasteiger partial charge on any atom is -0.186 e. The Morgan fingerprint density at radius 1 is 0.292 bits per heavy atom. The van der Waals surface area contributed by atoms with Crippen molar-refractivity contribution < 1.29 is 65.9 Å².